The monoisotopic (exact) mass is 479 g/mol. The molecule has 1 aliphatic heterocycles. The van der Waals surface area contributed by atoms with E-state index in [1.807, 2.05) is 36.4 Å². The number of benzene rings is 2. The average molecular weight is 481 g/mol. The molecule has 1 aliphatic rings. The van der Waals surface area contributed by atoms with E-state index >= 15 is 0 Å². The molecule has 5 nitrogen and oxygen atoms in total. The molecule has 0 saturated carbocycles. The van der Waals surface area contributed by atoms with E-state index in [2.05, 4.69) is 17.0 Å². The van der Waals surface area contributed by atoms with Gasteiger partial charge in [0.05, 0.1) is 6.54 Å². The van der Waals surface area contributed by atoms with Gasteiger partial charge in [0, 0.05) is 20.6 Å². The van der Waals surface area contributed by atoms with Gasteiger partial charge < -0.3 is 9.47 Å². The second kappa shape index (κ2) is 9.88. The van der Waals surface area contributed by atoms with Crippen LogP contribution in [0.25, 0.3) is 0 Å². The van der Waals surface area contributed by atoms with Crippen LogP contribution in [0, 0.1) is 0 Å². The van der Waals surface area contributed by atoms with Crippen molar-refractivity contribution < 1.29 is 9.47 Å². The van der Waals surface area contributed by atoms with Crippen molar-refractivity contribution in [3.8, 4) is 0 Å². The summed E-state index contributed by atoms with van der Waals surface area (Å²) in [5, 5.41) is 6.08. The van der Waals surface area contributed by atoms with Gasteiger partial charge in [-0.1, -0.05) is 72.8 Å². The summed E-state index contributed by atoms with van der Waals surface area (Å²) in [6.45, 7) is 2.58. The molecular formula is C23H24Cl3N3O2. The van der Waals surface area contributed by atoms with Crippen LogP contribution in [0.2, 0.25) is 15.1 Å². The van der Waals surface area contributed by atoms with Crippen molar-refractivity contribution >= 4 is 34.8 Å². The summed E-state index contributed by atoms with van der Waals surface area (Å²) in [6.07, 6.45) is 6.40. The maximum absolute atomic E-state index is 6.70. The maximum Gasteiger partial charge on any atom is 0.160 e. The lowest BCUT2D eigenvalue weighted by molar-refractivity contribution is -0.103. The maximum atomic E-state index is 6.70. The average Bonchev–Trinajstić information content (AvgIpc) is 3.38. The third kappa shape index (κ3) is 4.91. The summed E-state index contributed by atoms with van der Waals surface area (Å²) in [6, 6.07) is 13.1. The van der Waals surface area contributed by atoms with Crippen molar-refractivity contribution in [1.29, 1.82) is 0 Å². The van der Waals surface area contributed by atoms with Gasteiger partial charge in [0.25, 0.3) is 0 Å². The van der Waals surface area contributed by atoms with Gasteiger partial charge in [-0.3, -0.25) is 0 Å². The highest BCUT2D eigenvalue weighted by Crippen LogP contribution is 2.51. The summed E-state index contributed by atoms with van der Waals surface area (Å²) in [5.41, 5.74) is 0.882. The number of nitrogens with zero attached hydrogens (tertiary/aromatic N) is 3. The first kappa shape index (κ1) is 22.6. The topological polar surface area (TPSA) is 49.2 Å². The van der Waals surface area contributed by atoms with Gasteiger partial charge in [0.2, 0.25) is 0 Å². The Morgan fingerprint density at radius 1 is 1.03 bits per heavy atom. The number of ether oxygens (including phenoxy) is 2. The normalized spacial score (nSPS) is 23.4. The molecule has 4 rings (SSSR count). The molecule has 3 atom stereocenters. The number of hydrogen-bond donors (Lipinski definition) is 0. The lowest BCUT2D eigenvalue weighted by Gasteiger charge is -2.33. The highest BCUT2D eigenvalue weighted by molar-refractivity contribution is 6.35. The van der Waals surface area contributed by atoms with E-state index in [0.717, 1.165) is 36.8 Å². The summed E-state index contributed by atoms with van der Waals surface area (Å²) in [4.78, 5) is 4.10. The highest BCUT2D eigenvalue weighted by Gasteiger charge is 2.52. The SMILES string of the molecule is CCCCCC1O[C@H](c2ccc(Cl)cc2Cl)[C@@](Cn2cncn2)(c2ccc(Cl)cc2)O1. The Hall–Kier alpha value is -1.63. The molecule has 1 unspecified atom stereocenters. The van der Waals surface area contributed by atoms with Crippen LogP contribution in [0.4, 0.5) is 0 Å². The number of aromatic nitrogens is 3. The Morgan fingerprint density at radius 3 is 2.48 bits per heavy atom. The minimum Gasteiger partial charge on any atom is -0.341 e. The highest BCUT2D eigenvalue weighted by atomic mass is 35.5. The van der Waals surface area contributed by atoms with Crippen LogP contribution in [-0.4, -0.2) is 21.1 Å². The molecule has 0 radical (unpaired) electrons. The van der Waals surface area contributed by atoms with Crippen molar-refractivity contribution in [2.75, 3.05) is 0 Å². The molecule has 0 N–H and O–H groups in total. The first-order valence-electron chi connectivity index (χ1n) is 10.4. The minimum absolute atomic E-state index is 0.373. The number of hydrogen-bond acceptors (Lipinski definition) is 4. The van der Waals surface area contributed by atoms with Gasteiger partial charge in [0.1, 0.15) is 24.4 Å². The molecule has 0 bridgehead atoms. The molecule has 0 amide bonds. The molecule has 1 fully saturated rings. The largest absolute Gasteiger partial charge is 0.341 e. The third-order valence-electron chi connectivity index (χ3n) is 5.54. The zero-order valence-electron chi connectivity index (χ0n) is 17.2. The Labute approximate surface area is 197 Å². The lowest BCUT2D eigenvalue weighted by Crippen LogP contribution is -2.37. The quantitative estimate of drug-likeness (QED) is 0.332. The van der Waals surface area contributed by atoms with Crippen LogP contribution in [0.5, 0.6) is 0 Å². The summed E-state index contributed by atoms with van der Waals surface area (Å²) in [7, 11) is 0. The van der Waals surface area contributed by atoms with Crippen molar-refractivity contribution in [3.63, 3.8) is 0 Å². The van der Waals surface area contributed by atoms with Crippen LogP contribution >= 0.6 is 34.8 Å². The molecule has 2 heterocycles. The molecular weight excluding hydrogens is 457 g/mol. The fourth-order valence-corrected chi connectivity index (χ4v) is 4.66. The Bertz CT molecular complexity index is 998. The van der Waals surface area contributed by atoms with E-state index in [-0.39, 0.29) is 6.29 Å². The van der Waals surface area contributed by atoms with Crippen LogP contribution in [0.15, 0.2) is 55.1 Å². The van der Waals surface area contributed by atoms with Crippen molar-refractivity contribution in [1.82, 2.24) is 14.8 Å². The van der Waals surface area contributed by atoms with Crippen molar-refractivity contribution in [2.24, 2.45) is 0 Å². The molecule has 2 aromatic carbocycles. The summed E-state index contributed by atoms with van der Waals surface area (Å²) >= 11 is 19.0. The number of halogens is 3. The zero-order valence-corrected chi connectivity index (χ0v) is 19.4. The van der Waals surface area contributed by atoms with Crippen molar-refractivity contribution in [2.45, 2.75) is 57.1 Å². The molecule has 8 heteroatoms. The fraction of sp³-hybridized carbons (Fsp3) is 0.391. The van der Waals surface area contributed by atoms with Gasteiger partial charge >= 0.3 is 0 Å². The van der Waals surface area contributed by atoms with E-state index < -0.39 is 11.7 Å². The smallest absolute Gasteiger partial charge is 0.160 e. The number of unbranched alkanes of at least 4 members (excludes halogenated alkanes) is 2. The van der Waals surface area contributed by atoms with Gasteiger partial charge in [-0.25, -0.2) is 9.67 Å². The van der Waals surface area contributed by atoms with E-state index in [4.69, 9.17) is 44.3 Å². The fourth-order valence-electron chi connectivity index (χ4n) is 4.03. The predicted molar refractivity (Wildman–Crippen MR) is 122 cm³/mol. The third-order valence-corrected chi connectivity index (χ3v) is 6.35. The Morgan fingerprint density at radius 2 is 1.81 bits per heavy atom. The van der Waals surface area contributed by atoms with Gasteiger partial charge in [-0.05, 0) is 42.7 Å². The second-order valence-corrected chi connectivity index (χ2v) is 8.99. The van der Waals surface area contributed by atoms with E-state index in [9.17, 15) is 0 Å². The van der Waals surface area contributed by atoms with Gasteiger partial charge in [-0.2, -0.15) is 5.10 Å². The van der Waals surface area contributed by atoms with Crippen LogP contribution < -0.4 is 0 Å². The Kier molecular flexibility index (Phi) is 7.19. The molecule has 1 aromatic heterocycles. The number of rotatable bonds is 8. The van der Waals surface area contributed by atoms with Crippen molar-refractivity contribution in [3.05, 3.63) is 81.3 Å². The van der Waals surface area contributed by atoms with Crippen LogP contribution in [-0.2, 0) is 21.6 Å². The molecule has 3 aromatic rings. The predicted octanol–water partition coefficient (Wildman–Crippen LogP) is 6.83. The van der Waals surface area contributed by atoms with Crippen LogP contribution in [0.1, 0.15) is 49.8 Å². The summed E-state index contributed by atoms with van der Waals surface area (Å²) in [5.74, 6) is 0. The molecule has 164 valence electrons. The molecule has 31 heavy (non-hydrogen) atoms. The Balaban J connectivity index is 1.81. The first-order chi connectivity index (χ1) is 15.0. The standard InChI is InChI=1S/C23H24Cl3N3O2/c1-2-3-4-5-21-30-22(19-11-10-18(25)12-20(19)26)23(31-21,13-29-15-27-14-28-29)16-6-8-17(24)9-7-16/h6-12,14-15,21-22H,2-5,13H2,1H3/t21?,22-,23-/m1/s1. The molecule has 0 spiro atoms. The first-order valence-corrected chi connectivity index (χ1v) is 11.5. The minimum atomic E-state index is -0.868. The molecule has 1 saturated heterocycles. The van der Waals surface area contributed by atoms with E-state index in [0.29, 0.717) is 21.6 Å². The zero-order chi connectivity index (χ0) is 21.8. The van der Waals surface area contributed by atoms with Gasteiger partial charge in [0.15, 0.2) is 6.29 Å². The second-order valence-electron chi connectivity index (χ2n) is 7.71. The van der Waals surface area contributed by atoms with E-state index in [1.54, 1.807) is 17.1 Å². The lowest BCUT2D eigenvalue weighted by atomic mass is 9.84. The van der Waals surface area contributed by atoms with Gasteiger partial charge in [-0.15, -0.1) is 0 Å². The molecule has 0 aliphatic carbocycles. The van der Waals surface area contributed by atoms with Crippen LogP contribution in [0.3, 0.4) is 0 Å². The summed E-state index contributed by atoms with van der Waals surface area (Å²) < 4.78 is 15.0. The van der Waals surface area contributed by atoms with E-state index in [1.165, 1.54) is 6.33 Å².